The van der Waals surface area contributed by atoms with Crippen LogP contribution < -0.4 is 10.6 Å². The smallest absolute Gasteiger partial charge is 0.270 e. The molecule has 1 aliphatic rings. The summed E-state index contributed by atoms with van der Waals surface area (Å²) in [5, 5.41) is 23.8. The molecule has 1 saturated carbocycles. The lowest BCUT2D eigenvalue weighted by atomic mass is 10.1. The molecule has 0 spiro atoms. The Labute approximate surface area is 235 Å². The number of hydrogen-bond donors (Lipinski definition) is 3. The SMILES string of the molecule is CC[C@@H](CO)NC(=O)c1c(-c2ccsc2)nc2c(C(=O)NCc3ccc(-n4nccc4C4CC4)cc3)cccn12. The number of carbonyl (C=O) groups excluding carboxylic acids is 2. The number of rotatable bonds is 10. The fourth-order valence-corrected chi connectivity index (χ4v) is 5.48. The van der Waals surface area contributed by atoms with Crippen LogP contribution in [-0.4, -0.2) is 48.7 Å². The molecule has 6 rings (SSSR count). The number of aliphatic hydroxyl groups is 1. The molecule has 2 amide bonds. The number of nitrogens with zero attached hydrogens (tertiary/aromatic N) is 4. The molecule has 1 fully saturated rings. The quantitative estimate of drug-likeness (QED) is 0.234. The first-order valence-electron chi connectivity index (χ1n) is 13.4. The minimum atomic E-state index is -0.375. The van der Waals surface area contributed by atoms with Gasteiger partial charge in [-0.05, 0) is 66.6 Å². The van der Waals surface area contributed by atoms with Gasteiger partial charge < -0.3 is 15.7 Å². The molecule has 40 heavy (non-hydrogen) atoms. The third-order valence-electron chi connectivity index (χ3n) is 7.25. The molecular formula is C30H30N6O3S. The van der Waals surface area contributed by atoms with Gasteiger partial charge in [0.15, 0.2) is 5.65 Å². The highest BCUT2D eigenvalue weighted by Gasteiger charge is 2.27. The van der Waals surface area contributed by atoms with Gasteiger partial charge in [-0.15, -0.1) is 0 Å². The summed E-state index contributed by atoms with van der Waals surface area (Å²) in [6, 6.07) is 15.1. The van der Waals surface area contributed by atoms with Crippen molar-refractivity contribution in [3.8, 4) is 16.9 Å². The first-order valence-corrected chi connectivity index (χ1v) is 14.4. The number of benzene rings is 1. The van der Waals surface area contributed by atoms with Crippen molar-refractivity contribution in [2.75, 3.05) is 6.61 Å². The van der Waals surface area contributed by atoms with E-state index in [1.807, 2.05) is 58.9 Å². The van der Waals surface area contributed by atoms with Crippen molar-refractivity contribution in [2.24, 2.45) is 0 Å². The zero-order chi connectivity index (χ0) is 27.6. The van der Waals surface area contributed by atoms with Gasteiger partial charge >= 0.3 is 0 Å². The van der Waals surface area contributed by atoms with Gasteiger partial charge in [0.2, 0.25) is 0 Å². The fourth-order valence-electron chi connectivity index (χ4n) is 4.84. The Bertz CT molecular complexity index is 1650. The van der Waals surface area contributed by atoms with E-state index in [1.165, 1.54) is 29.9 Å². The van der Waals surface area contributed by atoms with Crippen molar-refractivity contribution in [3.05, 3.63) is 94.2 Å². The molecule has 0 bridgehead atoms. The third-order valence-corrected chi connectivity index (χ3v) is 7.94. The lowest BCUT2D eigenvalue weighted by molar-refractivity contribution is 0.0907. The van der Waals surface area contributed by atoms with Crippen molar-refractivity contribution < 1.29 is 14.7 Å². The predicted molar refractivity (Wildman–Crippen MR) is 154 cm³/mol. The van der Waals surface area contributed by atoms with Gasteiger partial charge in [0.1, 0.15) is 11.4 Å². The summed E-state index contributed by atoms with van der Waals surface area (Å²) in [5.41, 5.74) is 5.58. The highest BCUT2D eigenvalue weighted by Crippen LogP contribution is 2.40. The summed E-state index contributed by atoms with van der Waals surface area (Å²) in [6.07, 6.45) is 6.58. The maximum Gasteiger partial charge on any atom is 0.270 e. The topological polar surface area (TPSA) is 114 Å². The van der Waals surface area contributed by atoms with E-state index in [0.29, 0.717) is 41.5 Å². The highest BCUT2D eigenvalue weighted by atomic mass is 32.1. The molecule has 4 aromatic heterocycles. The Morgan fingerprint density at radius 1 is 1.12 bits per heavy atom. The lowest BCUT2D eigenvalue weighted by Crippen LogP contribution is -2.37. The molecule has 204 valence electrons. The molecule has 3 N–H and O–H groups in total. The molecule has 9 nitrogen and oxygen atoms in total. The van der Waals surface area contributed by atoms with Crippen LogP contribution in [0.4, 0.5) is 0 Å². The van der Waals surface area contributed by atoms with Gasteiger partial charge in [-0.25, -0.2) is 9.67 Å². The van der Waals surface area contributed by atoms with Gasteiger partial charge in [0, 0.05) is 41.5 Å². The van der Waals surface area contributed by atoms with E-state index in [1.54, 1.807) is 22.7 Å². The fraction of sp³-hybridized carbons (Fsp3) is 0.267. The van der Waals surface area contributed by atoms with E-state index in [2.05, 4.69) is 21.8 Å². The van der Waals surface area contributed by atoms with Gasteiger partial charge in [-0.3, -0.25) is 14.0 Å². The Morgan fingerprint density at radius 2 is 1.95 bits per heavy atom. The van der Waals surface area contributed by atoms with Crippen molar-refractivity contribution in [2.45, 2.75) is 44.7 Å². The molecule has 0 saturated heterocycles. The summed E-state index contributed by atoms with van der Waals surface area (Å²) >= 11 is 1.50. The number of fused-ring (bicyclic) bond motifs is 1. The minimum Gasteiger partial charge on any atom is -0.394 e. The average molecular weight is 555 g/mol. The van der Waals surface area contributed by atoms with E-state index in [9.17, 15) is 14.7 Å². The number of amides is 2. The largest absolute Gasteiger partial charge is 0.394 e. The molecule has 0 unspecified atom stereocenters. The van der Waals surface area contributed by atoms with Crippen LogP contribution in [0.5, 0.6) is 0 Å². The second-order valence-corrected chi connectivity index (χ2v) is 10.8. The predicted octanol–water partition coefficient (Wildman–Crippen LogP) is 4.56. The maximum atomic E-state index is 13.3. The minimum absolute atomic E-state index is 0.162. The molecule has 0 aliphatic heterocycles. The number of imidazole rings is 1. The normalized spacial score (nSPS) is 13.8. The number of carbonyl (C=O) groups is 2. The van der Waals surface area contributed by atoms with Crippen LogP contribution in [0.15, 0.2) is 71.7 Å². The molecule has 0 radical (unpaired) electrons. The standard InChI is InChI=1S/C30H30N6O3S/c1-2-22(17-37)33-30(39)27-26(21-12-15-40-18-21)34-28-24(4-3-14-35(27)28)29(38)31-16-19-5-9-23(10-6-19)36-25(11-13-32-36)20-7-8-20/h3-6,9-15,18,20,22,37H,2,7-8,16-17H2,1H3,(H,31,38)(H,33,39)/t22-/m0/s1. The maximum absolute atomic E-state index is 13.3. The third kappa shape index (κ3) is 5.03. The number of hydrogen-bond acceptors (Lipinski definition) is 6. The van der Waals surface area contributed by atoms with Crippen molar-refractivity contribution in [1.82, 2.24) is 29.8 Å². The van der Waals surface area contributed by atoms with E-state index < -0.39 is 0 Å². The van der Waals surface area contributed by atoms with Crippen LogP contribution in [-0.2, 0) is 6.54 Å². The number of nitrogens with one attached hydrogen (secondary N) is 2. The molecule has 1 aliphatic carbocycles. The van der Waals surface area contributed by atoms with Crippen LogP contribution in [0.3, 0.4) is 0 Å². The van der Waals surface area contributed by atoms with E-state index >= 15 is 0 Å². The summed E-state index contributed by atoms with van der Waals surface area (Å²) in [4.78, 5) is 31.4. The number of aromatic nitrogens is 4. The van der Waals surface area contributed by atoms with Gasteiger partial charge in [-0.2, -0.15) is 16.4 Å². The Balaban J connectivity index is 1.24. The zero-order valence-corrected chi connectivity index (χ0v) is 22.9. The van der Waals surface area contributed by atoms with Crippen LogP contribution in [0.25, 0.3) is 22.6 Å². The molecule has 1 aromatic carbocycles. The summed E-state index contributed by atoms with van der Waals surface area (Å²) in [5.74, 6) is -0.0379. The molecule has 5 aromatic rings. The lowest BCUT2D eigenvalue weighted by Gasteiger charge is -2.14. The Hall–Kier alpha value is -4.28. The molecule has 4 heterocycles. The van der Waals surface area contributed by atoms with Crippen LogP contribution in [0.1, 0.15) is 64.2 Å². The molecule has 1 atom stereocenters. The summed E-state index contributed by atoms with van der Waals surface area (Å²) in [7, 11) is 0. The average Bonchev–Trinajstić information content (AvgIpc) is 3.35. The van der Waals surface area contributed by atoms with Crippen LogP contribution >= 0.6 is 11.3 Å². The second-order valence-electron chi connectivity index (χ2n) is 9.99. The number of aliphatic hydroxyl groups excluding tert-OH is 1. The number of pyridine rings is 1. The van der Waals surface area contributed by atoms with Crippen molar-refractivity contribution in [3.63, 3.8) is 0 Å². The Kier molecular flexibility index (Phi) is 7.19. The van der Waals surface area contributed by atoms with Crippen molar-refractivity contribution >= 4 is 28.8 Å². The number of thiophene rings is 1. The van der Waals surface area contributed by atoms with Gasteiger partial charge in [-0.1, -0.05) is 19.1 Å². The summed E-state index contributed by atoms with van der Waals surface area (Å²) in [6.45, 7) is 2.08. The first-order chi connectivity index (χ1) is 19.6. The molecular weight excluding hydrogens is 524 g/mol. The van der Waals surface area contributed by atoms with Gasteiger partial charge in [0.05, 0.1) is 23.9 Å². The van der Waals surface area contributed by atoms with Crippen LogP contribution in [0.2, 0.25) is 0 Å². The highest BCUT2D eigenvalue weighted by molar-refractivity contribution is 7.08. The Morgan fingerprint density at radius 3 is 2.65 bits per heavy atom. The zero-order valence-electron chi connectivity index (χ0n) is 22.1. The van der Waals surface area contributed by atoms with Crippen molar-refractivity contribution in [1.29, 1.82) is 0 Å². The monoisotopic (exact) mass is 554 g/mol. The van der Waals surface area contributed by atoms with E-state index in [0.717, 1.165) is 16.8 Å². The van der Waals surface area contributed by atoms with Crippen LogP contribution in [0, 0.1) is 0 Å². The first kappa shape index (κ1) is 26.0. The molecule has 10 heteroatoms. The van der Waals surface area contributed by atoms with Gasteiger partial charge in [0.25, 0.3) is 11.8 Å². The summed E-state index contributed by atoms with van der Waals surface area (Å²) < 4.78 is 3.64. The van der Waals surface area contributed by atoms with E-state index in [4.69, 9.17) is 4.98 Å². The second kappa shape index (κ2) is 11.1. The van der Waals surface area contributed by atoms with E-state index in [-0.39, 0.29) is 24.5 Å².